The van der Waals surface area contributed by atoms with Gasteiger partial charge in [-0.2, -0.15) is 0 Å². The molecule has 0 saturated heterocycles. The number of carbonyl (C=O) groups is 1. The molecule has 7 nitrogen and oxygen atoms in total. The Labute approximate surface area is 188 Å². The van der Waals surface area contributed by atoms with E-state index in [1.807, 2.05) is 13.8 Å². The van der Waals surface area contributed by atoms with Crippen molar-refractivity contribution in [1.29, 1.82) is 0 Å². The van der Waals surface area contributed by atoms with Crippen LogP contribution in [0.5, 0.6) is 11.5 Å². The number of carbonyl (C=O) groups excluding carboxylic acids is 1. The van der Waals surface area contributed by atoms with Crippen LogP contribution < -0.4 is 19.5 Å². The van der Waals surface area contributed by atoms with Crippen molar-refractivity contribution in [2.45, 2.75) is 24.8 Å². The molecule has 0 aliphatic heterocycles. The highest BCUT2D eigenvalue weighted by Gasteiger charge is 2.15. The third-order valence-corrected chi connectivity index (χ3v) is 6.06. The maximum Gasteiger partial charge on any atom is 0.261 e. The summed E-state index contributed by atoms with van der Waals surface area (Å²) in [4.78, 5) is 12.7. The van der Waals surface area contributed by atoms with Gasteiger partial charge in [-0.15, -0.1) is 0 Å². The number of aryl methyl sites for hydroxylation is 1. The van der Waals surface area contributed by atoms with Gasteiger partial charge in [0, 0.05) is 11.3 Å². The molecule has 8 heteroatoms. The lowest BCUT2D eigenvalue weighted by Gasteiger charge is -2.15. The zero-order chi connectivity index (χ0) is 23.1. The zero-order valence-electron chi connectivity index (χ0n) is 18.2. The van der Waals surface area contributed by atoms with Crippen molar-refractivity contribution in [3.63, 3.8) is 0 Å². The summed E-state index contributed by atoms with van der Waals surface area (Å²) in [5.74, 6) is 1.14. The second-order valence-corrected chi connectivity index (χ2v) is 9.04. The predicted octanol–water partition coefficient (Wildman–Crippen LogP) is 4.00. The Morgan fingerprint density at radius 1 is 0.906 bits per heavy atom. The van der Waals surface area contributed by atoms with Gasteiger partial charge in [0.25, 0.3) is 15.9 Å². The minimum atomic E-state index is -3.70. The van der Waals surface area contributed by atoms with E-state index in [2.05, 4.69) is 10.0 Å². The van der Waals surface area contributed by atoms with Crippen LogP contribution in [0.2, 0.25) is 0 Å². The van der Waals surface area contributed by atoms with Crippen LogP contribution in [-0.4, -0.2) is 34.1 Å². The molecule has 0 spiro atoms. The average molecular weight is 455 g/mol. The van der Waals surface area contributed by atoms with Crippen LogP contribution in [0.25, 0.3) is 0 Å². The van der Waals surface area contributed by atoms with Gasteiger partial charge in [0.15, 0.2) is 0 Å². The van der Waals surface area contributed by atoms with Crippen LogP contribution in [-0.2, 0) is 10.0 Å². The number of hydrogen-bond donors (Lipinski definition) is 2. The number of nitrogens with one attached hydrogen (secondary N) is 2. The van der Waals surface area contributed by atoms with Crippen molar-refractivity contribution < 1.29 is 22.7 Å². The fourth-order valence-corrected chi connectivity index (χ4v) is 3.92. The third kappa shape index (κ3) is 6.24. The normalized spacial score (nSPS) is 12.0. The standard InChI is InChI=1S/C24H26N2O5S/c1-17-4-14-23(15-5-17)32(28,29)26-20-8-6-19(7-9-20)24(27)25-18(2)16-31-22-12-10-21(30-3)11-13-22/h4-15,18,26H,16H2,1-3H3,(H,25,27). The lowest BCUT2D eigenvalue weighted by atomic mass is 10.2. The van der Waals surface area contributed by atoms with E-state index in [-0.39, 0.29) is 16.8 Å². The quantitative estimate of drug-likeness (QED) is 0.510. The molecule has 3 aromatic carbocycles. The van der Waals surface area contributed by atoms with E-state index < -0.39 is 10.0 Å². The highest BCUT2D eigenvalue weighted by molar-refractivity contribution is 7.92. The Morgan fingerprint density at radius 2 is 1.50 bits per heavy atom. The first-order valence-electron chi connectivity index (χ1n) is 10.0. The first-order chi connectivity index (χ1) is 15.3. The second kappa shape index (κ2) is 10.2. The molecule has 0 aromatic heterocycles. The molecular formula is C24H26N2O5S. The Hall–Kier alpha value is -3.52. The van der Waals surface area contributed by atoms with Crippen LogP contribution in [0.3, 0.4) is 0 Å². The molecule has 1 amide bonds. The largest absolute Gasteiger partial charge is 0.497 e. The molecule has 0 saturated carbocycles. The number of amides is 1. The van der Waals surface area contributed by atoms with E-state index in [1.54, 1.807) is 79.9 Å². The molecule has 1 unspecified atom stereocenters. The number of anilines is 1. The van der Waals surface area contributed by atoms with E-state index in [1.165, 1.54) is 0 Å². The molecule has 3 rings (SSSR count). The van der Waals surface area contributed by atoms with Crippen molar-refractivity contribution in [1.82, 2.24) is 5.32 Å². The summed E-state index contributed by atoms with van der Waals surface area (Å²) in [5, 5.41) is 2.86. The van der Waals surface area contributed by atoms with Gasteiger partial charge < -0.3 is 14.8 Å². The van der Waals surface area contributed by atoms with Gasteiger partial charge in [-0.1, -0.05) is 17.7 Å². The third-order valence-electron chi connectivity index (χ3n) is 4.67. The molecule has 0 aliphatic rings. The minimum absolute atomic E-state index is 0.176. The number of hydrogen-bond acceptors (Lipinski definition) is 5. The summed E-state index contributed by atoms with van der Waals surface area (Å²) in [6.07, 6.45) is 0. The van der Waals surface area contributed by atoms with Gasteiger partial charge in [0.1, 0.15) is 18.1 Å². The smallest absolute Gasteiger partial charge is 0.261 e. The molecule has 0 bridgehead atoms. The van der Waals surface area contributed by atoms with E-state index in [9.17, 15) is 13.2 Å². The first-order valence-corrected chi connectivity index (χ1v) is 11.5. The monoisotopic (exact) mass is 454 g/mol. The molecule has 0 heterocycles. The van der Waals surface area contributed by atoms with Gasteiger partial charge in [-0.05, 0) is 74.5 Å². The van der Waals surface area contributed by atoms with Crippen LogP contribution >= 0.6 is 0 Å². The summed E-state index contributed by atoms with van der Waals surface area (Å²) in [6, 6.07) is 19.8. The first kappa shape index (κ1) is 23.1. The van der Waals surface area contributed by atoms with Crippen molar-refractivity contribution >= 4 is 21.6 Å². The molecule has 32 heavy (non-hydrogen) atoms. The molecular weight excluding hydrogens is 428 g/mol. The Balaban J connectivity index is 1.54. The molecule has 2 N–H and O–H groups in total. The molecule has 3 aromatic rings. The number of benzene rings is 3. The van der Waals surface area contributed by atoms with Crippen LogP contribution in [0.15, 0.2) is 77.7 Å². The molecule has 0 aliphatic carbocycles. The van der Waals surface area contributed by atoms with E-state index in [4.69, 9.17) is 9.47 Å². The van der Waals surface area contributed by atoms with E-state index in [0.29, 0.717) is 23.6 Å². The zero-order valence-corrected chi connectivity index (χ0v) is 19.0. The summed E-state index contributed by atoms with van der Waals surface area (Å²) in [6.45, 7) is 4.03. The van der Waals surface area contributed by atoms with Gasteiger partial charge in [-0.3, -0.25) is 9.52 Å². The molecule has 168 valence electrons. The lowest BCUT2D eigenvalue weighted by molar-refractivity contribution is 0.0926. The number of methoxy groups -OCH3 is 1. The van der Waals surface area contributed by atoms with Crippen LogP contribution in [0.4, 0.5) is 5.69 Å². The fraction of sp³-hybridized carbons (Fsp3) is 0.208. The average Bonchev–Trinajstić information content (AvgIpc) is 2.78. The second-order valence-electron chi connectivity index (χ2n) is 7.36. The van der Waals surface area contributed by atoms with Gasteiger partial charge in [-0.25, -0.2) is 8.42 Å². The summed E-state index contributed by atoms with van der Waals surface area (Å²) in [5.41, 5.74) is 1.76. The number of ether oxygens (including phenoxy) is 2. The summed E-state index contributed by atoms with van der Waals surface area (Å²) >= 11 is 0. The van der Waals surface area contributed by atoms with Crippen molar-refractivity contribution in [3.8, 4) is 11.5 Å². The summed E-state index contributed by atoms with van der Waals surface area (Å²) < 4.78 is 38.3. The van der Waals surface area contributed by atoms with E-state index in [0.717, 1.165) is 11.3 Å². The highest BCUT2D eigenvalue weighted by atomic mass is 32.2. The topological polar surface area (TPSA) is 93.7 Å². The van der Waals surface area contributed by atoms with Gasteiger partial charge in [0.2, 0.25) is 0 Å². The Kier molecular flexibility index (Phi) is 7.37. The SMILES string of the molecule is COc1ccc(OCC(C)NC(=O)c2ccc(NS(=O)(=O)c3ccc(C)cc3)cc2)cc1. The van der Waals surface area contributed by atoms with Crippen molar-refractivity contribution in [2.75, 3.05) is 18.4 Å². The molecule has 0 radical (unpaired) electrons. The molecule has 1 atom stereocenters. The number of rotatable bonds is 9. The maximum atomic E-state index is 12.5. The van der Waals surface area contributed by atoms with Crippen LogP contribution in [0.1, 0.15) is 22.8 Å². The molecule has 0 fully saturated rings. The lowest BCUT2D eigenvalue weighted by Crippen LogP contribution is -2.36. The fourth-order valence-electron chi connectivity index (χ4n) is 2.86. The Bertz CT molecular complexity index is 1140. The highest BCUT2D eigenvalue weighted by Crippen LogP contribution is 2.18. The van der Waals surface area contributed by atoms with Crippen molar-refractivity contribution in [3.05, 3.63) is 83.9 Å². The predicted molar refractivity (Wildman–Crippen MR) is 124 cm³/mol. The van der Waals surface area contributed by atoms with Gasteiger partial charge in [0.05, 0.1) is 18.0 Å². The van der Waals surface area contributed by atoms with Crippen LogP contribution in [0, 0.1) is 6.92 Å². The van der Waals surface area contributed by atoms with Crippen molar-refractivity contribution in [2.24, 2.45) is 0 Å². The number of sulfonamides is 1. The Morgan fingerprint density at radius 3 is 2.09 bits per heavy atom. The summed E-state index contributed by atoms with van der Waals surface area (Å²) in [7, 11) is -2.10. The van der Waals surface area contributed by atoms with E-state index >= 15 is 0 Å². The maximum absolute atomic E-state index is 12.5. The minimum Gasteiger partial charge on any atom is -0.497 e. The van der Waals surface area contributed by atoms with Gasteiger partial charge >= 0.3 is 0 Å².